The molecule has 0 spiro atoms. The lowest BCUT2D eigenvalue weighted by Gasteiger charge is -2.41. The second kappa shape index (κ2) is 8.03. The van der Waals surface area contributed by atoms with Crippen LogP contribution >= 0.6 is 0 Å². The van der Waals surface area contributed by atoms with Crippen LogP contribution in [0.2, 0.25) is 0 Å². The monoisotopic (exact) mass is 363 g/mol. The SMILES string of the molecule is CC(C(=O)N1CCCCC1C(=O)O)N1CCN(c2ccc(F)cc2)CC1. The quantitative estimate of drug-likeness (QED) is 0.884. The van der Waals surface area contributed by atoms with Gasteiger partial charge in [-0.25, -0.2) is 9.18 Å². The fraction of sp³-hybridized carbons (Fsp3) is 0.579. The van der Waals surface area contributed by atoms with Crippen LogP contribution in [-0.4, -0.2) is 71.6 Å². The zero-order valence-electron chi connectivity index (χ0n) is 15.1. The second-order valence-electron chi connectivity index (χ2n) is 7.06. The van der Waals surface area contributed by atoms with Gasteiger partial charge in [0.2, 0.25) is 5.91 Å². The van der Waals surface area contributed by atoms with Crippen molar-refractivity contribution < 1.29 is 19.1 Å². The molecule has 0 bridgehead atoms. The zero-order valence-corrected chi connectivity index (χ0v) is 15.1. The third-order valence-electron chi connectivity index (χ3n) is 5.48. The van der Waals surface area contributed by atoms with Crippen molar-refractivity contribution in [2.24, 2.45) is 0 Å². The van der Waals surface area contributed by atoms with Crippen molar-refractivity contribution in [2.75, 3.05) is 37.6 Å². The van der Waals surface area contributed by atoms with Crippen molar-refractivity contribution in [3.05, 3.63) is 30.1 Å². The van der Waals surface area contributed by atoms with Crippen LogP contribution in [0.4, 0.5) is 10.1 Å². The number of carboxylic acids is 1. The van der Waals surface area contributed by atoms with E-state index in [2.05, 4.69) is 9.80 Å². The second-order valence-corrected chi connectivity index (χ2v) is 7.06. The molecule has 2 aliphatic rings. The summed E-state index contributed by atoms with van der Waals surface area (Å²) in [6, 6.07) is 5.42. The summed E-state index contributed by atoms with van der Waals surface area (Å²) in [4.78, 5) is 30.1. The number of carbonyl (C=O) groups is 2. The van der Waals surface area contributed by atoms with Gasteiger partial charge in [-0.1, -0.05) is 0 Å². The van der Waals surface area contributed by atoms with Gasteiger partial charge in [-0.2, -0.15) is 0 Å². The number of anilines is 1. The maximum absolute atomic E-state index is 13.1. The highest BCUT2D eigenvalue weighted by molar-refractivity contribution is 5.87. The van der Waals surface area contributed by atoms with Crippen molar-refractivity contribution in [2.45, 2.75) is 38.3 Å². The number of carboxylic acid groups (broad SMARTS) is 1. The summed E-state index contributed by atoms with van der Waals surface area (Å²) >= 11 is 0. The third-order valence-corrected chi connectivity index (χ3v) is 5.48. The maximum Gasteiger partial charge on any atom is 0.326 e. The Morgan fingerprint density at radius 2 is 1.73 bits per heavy atom. The molecule has 2 saturated heterocycles. The summed E-state index contributed by atoms with van der Waals surface area (Å²) in [5, 5.41) is 9.39. The summed E-state index contributed by atoms with van der Waals surface area (Å²) in [5.74, 6) is -1.25. The first kappa shape index (κ1) is 18.6. The van der Waals surface area contributed by atoms with E-state index in [1.165, 1.54) is 12.1 Å². The smallest absolute Gasteiger partial charge is 0.326 e. The Balaban J connectivity index is 1.58. The van der Waals surface area contributed by atoms with Crippen LogP contribution < -0.4 is 4.90 Å². The Kier molecular flexibility index (Phi) is 5.76. The highest BCUT2D eigenvalue weighted by Gasteiger charge is 2.36. The molecule has 0 radical (unpaired) electrons. The van der Waals surface area contributed by atoms with Gasteiger partial charge in [0.05, 0.1) is 6.04 Å². The third kappa shape index (κ3) is 3.98. The van der Waals surface area contributed by atoms with E-state index >= 15 is 0 Å². The number of hydrogen-bond donors (Lipinski definition) is 1. The lowest BCUT2D eigenvalue weighted by molar-refractivity contribution is -0.154. The molecule has 0 saturated carbocycles. The Hall–Kier alpha value is -2.15. The molecule has 1 N–H and O–H groups in total. The van der Waals surface area contributed by atoms with Gasteiger partial charge in [0.15, 0.2) is 0 Å². The number of amides is 1. The van der Waals surface area contributed by atoms with Gasteiger partial charge >= 0.3 is 5.97 Å². The number of nitrogens with zero attached hydrogens (tertiary/aromatic N) is 3. The number of hydrogen-bond acceptors (Lipinski definition) is 4. The molecule has 1 aromatic rings. The normalized spacial score (nSPS) is 22.9. The molecule has 2 aliphatic heterocycles. The van der Waals surface area contributed by atoms with Crippen LogP contribution in [0, 0.1) is 5.82 Å². The first-order valence-electron chi connectivity index (χ1n) is 9.25. The van der Waals surface area contributed by atoms with E-state index in [1.54, 1.807) is 17.0 Å². The molecule has 6 nitrogen and oxygen atoms in total. The molecule has 142 valence electrons. The van der Waals surface area contributed by atoms with Gasteiger partial charge < -0.3 is 14.9 Å². The molecular weight excluding hydrogens is 337 g/mol. The van der Waals surface area contributed by atoms with E-state index in [-0.39, 0.29) is 17.8 Å². The summed E-state index contributed by atoms with van der Waals surface area (Å²) in [6.45, 7) is 5.34. The Labute approximate surface area is 153 Å². The first-order valence-corrected chi connectivity index (χ1v) is 9.25. The molecule has 3 rings (SSSR count). The lowest BCUT2D eigenvalue weighted by Crippen LogP contribution is -2.58. The highest BCUT2D eigenvalue weighted by atomic mass is 19.1. The standard InChI is InChI=1S/C19H26FN3O3/c1-14(18(24)23-9-3-2-4-17(23)19(25)26)21-10-12-22(13-11-21)16-7-5-15(20)6-8-16/h5-8,14,17H,2-4,9-13H2,1H3,(H,25,26). The molecule has 7 heteroatoms. The van der Waals surface area contributed by atoms with Crippen molar-refractivity contribution >= 4 is 17.6 Å². The minimum atomic E-state index is -0.911. The van der Waals surface area contributed by atoms with Gasteiger partial charge in [0.1, 0.15) is 11.9 Å². The number of aliphatic carboxylic acids is 1. The van der Waals surface area contributed by atoms with E-state index in [1.807, 2.05) is 6.92 Å². The zero-order chi connectivity index (χ0) is 18.7. The Morgan fingerprint density at radius 3 is 2.35 bits per heavy atom. The number of benzene rings is 1. The molecule has 1 aromatic carbocycles. The number of rotatable bonds is 4. The van der Waals surface area contributed by atoms with Crippen LogP contribution in [0.25, 0.3) is 0 Å². The van der Waals surface area contributed by atoms with E-state index in [0.717, 1.165) is 44.7 Å². The number of carbonyl (C=O) groups excluding carboxylic acids is 1. The predicted molar refractivity (Wildman–Crippen MR) is 96.6 cm³/mol. The van der Waals surface area contributed by atoms with Gasteiger partial charge in [-0.15, -0.1) is 0 Å². The average Bonchev–Trinajstić information content (AvgIpc) is 2.67. The summed E-state index contributed by atoms with van der Waals surface area (Å²) in [7, 11) is 0. The van der Waals surface area contributed by atoms with Gasteiger partial charge in [0.25, 0.3) is 0 Å². The van der Waals surface area contributed by atoms with E-state index in [4.69, 9.17) is 0 Å². The molecule has 2 unspecified atom stereocenters. The topological polar surface area (TPSA) is 64.1 Å². The number of likely N-dealkylation sites (tertiary alicyclic amines) is 1. The van der Waals surface area contributed by atoms with Crippen LogP contribution in [0.3, 0.4) is 0 Å². The molecule has 26 heavy (non-hydrogen) atoms. The number of piperazine rings is 1. The van der Waals surface area contributed by atoms with Crippen molar-refractivity contribution in [3.8, 4) is 0 Å². The number of halogens is 1. The van der Waals surface area contributed by atoms with Crippen LogP contribution in [0.5, 0.6) is 0 Å². The molecule has 2 fully saturated rings. The minimum Gasteiger partial charge on any atom is -0.480 e. The Bertz CT molecular complexity index is 644. The number of piperidine rings is 1. The van der Waals surface area contributed by atoms with E-state index < -0.39 is 12.0 Å². The fourth-order valence-electron chi connectivity index (χ4n) is 3.87. The van der Waals surface area contributed by atoms with Crippen molar-refractivity contribution in [1.82, 2.24) is 9.80 Å². The fourth-order valence-corrected chi connectivity index (χ4v) is 3.87. The van der Waals surface area contributed by atoms with Crippen molar-refractivity contribution in [1.29, 1.82) is 0 Å². The Morgan fingerprint density at radius 1 is 1.08 bits per heavy atom. The molecule has 2 atom stereocenters. The minimum absolute atomic E-state index is 0.0904. The van der Waals surface area contributed by atoms with Gasteiger partial charge in [-0.05, 0) is 50.5 Å². The average molecular weight is 363 g/mol. The largest absolute Gasteiger partial charge is 0.480 e. The maximum atomic E-state index is 13.1. The summed E-state index contributed by atoms with van der Waals surface area (Å²) in [5.41, 5.74) is 0.979. The highest BCUT2D eigenvalue weighted by Crippen LogP contribution is 2.21. The van der Waals surface area contributed by atoms with Crippen molar-refractivity contribution in [3.63, 3.8) is 0 Å². The van der Waals surface area contributed by atoms with E-state index in [0.29, 0.717) is 13.0 Å². The van der Waals surface area contributed by atoms with Crippen LogP contribution in [-0.2, 0) is 9.59 Å². The molecular formula is C19H26FN3O3. The first-order chi connectivity index (χ1) is 12.5. The van der Waals surface area contributed by atoms with E-state index in [9.17, 15) is 19.1 Å². The summed E-state index contributed by atoms with van der Waals surface area (Å²) in [6.07, 6.45) is 2.25. The van der Waals surface area contributed by atoms with Gasteiger partial charge in [-0.3, -0.25) is 9.69 Å². The van der Waals surface area contributed by atoms with Crippen LogP contribution in [0.15, 0.2) is 24.3 Å². The molecule has 0 aliphatic carbocycles. The lowest BCUT2D eigenvalue weighted by atomic mass is 10.0. The molecule has 2 heterocycles. The summed E-state index contributed by atoms with van der Waals surface area (Å²) < 4.78 is 13.1. The molecule has 0 aromatic heterocycles. The van der Waals surface area contributed by atoms with Gasteiger partial charge in [0, 0.05) is 38.4 Å². The van der Waals surface area contributed by atoms with Crippen LogP contribution in [0.1, 0.15) is 26.2 Å². The molecule has 1 amide bonds. The predicted octanol–water partition coefficient (Wildman–Crippen LogP) is 1.80.